The smallest absolute Gasteiger partial charge is 0.0911 e. The highest BCUT2D eigenvalue weighted by atomic mass is 14.4. The van der Waals surface area contributed by atoms with E-state index in [1.807, 2.05) is 6.07 Å². The van der Waals surface area contributed by atoms with Crippen LogP contribution in [0.25, 0.3) is 0 Å². The molecule has 48 valence electrons. The van der Waals surface area contributed by atoms with Gasteiger partial charge in [-0.3, -0.25) is 0 Å². The van der Waals surface area contributed by atoms with Crippen molar-refractivity contribution in [2.45, 2.75) is 26.7 Å². The van der Waals surface area contributed by atoms with Crippen LogP contribution in [0.15, 0.2) is 11.6 Å². The van der Waals surface area contributed by atoms with Crippen LogP contribution in [-0.2, 0) is 0 Å². The molecule has 1 aliphatic rings. The Balaban J connectivity index is 2.46. The third-order valence-electron chi connectivity index (χ3n) is 1.68. The van der Waals surface area contributed by atoms with Crippen LogP contribution >= 0.6 is 0 Å². The maximum absolute atomic E-state index is 8.25. The lowest BCUT2D eigenvalue weighted by molar-refractivity contribution is 0.273. The van der Waals surface area contributed by atoms with Gasteiger partial charge in [-0.05, 0) is 18.3 Å². The van der Waals surface area contributed by atoms with Crippen molar-refractivity contribution in [2.24, 2.45) is 5.41 Å². The van der Waals surface area contributed by atoms with E-state index in [0.29, 0.717) is 5.41 Å². The summed E-state index contributed by atoms with van der Waals surface area (Å²) in [5.41, 5.74) is 1.78. The molecule has 0 aromatic rings. The third kappa shape index (κ3) is 1.32. The molecule has 0 aromatic heterocycles. The zero-order valence-electron chi connectivity index (χ0n) is 5.94. The van der Waals surface area contributed by atoms with Gasteiger partial charge in [0.05, 0.1) is 6.07 Å². The molecule has 0 heterocycles. The Hall–Kier alpha value is -0.770. The van der Waals surface area contributed by atoms with Gasteiger partial charge in [0.2, 0.25) is 0 Å². The quantitative estimate of drug-likeness (QED) is 0.451. The van der Waals surface area contributed by atoms with Crippen LogP contribution in [0.1, 0.15) is 26.7 Å². The van der Waals surface area contributed by atoms with Crippen molar-refractivity contribution in [3.05, 3.63) is 11.6 Å². The SMILES string of the molecule is CC1(C)CC(=CC#N)C1. The Labute approximate surface area is 56.0 Å². The summed E-state index contributed by atoms with van der Waals surface area (Å²) >= 11 is 0. The second kappa shape index (κ2) is 1.88. The van der Waals surface area contributed by atoms with Gasteiger partial charge in [-0.1, -0.05) is 19.4 Å². The van der Waals surface area contributed by atoms with Crippen molar-refractivity contribution < 1.29 is 0 Å². The molecule has 0 aliphatic heterocycles. The number of allylic oxidation sites excluding steroid dienone is 2. The standard InChI is InChI=1S/C8H11N/c1-8(2)5-7(6-8)3-4-9/h3H,5-6H2,1-2H3. The molecule has 0 saturated heterocycles. The summed E-state index contributed by atoms with van der Waals surface area (Å²) in [7, 11) is 0. The first-order valence-electron chi connectivity index (χ1n) is 3.22. The molecule has 0 radical (unpaired) electrons. The molecule has 9 heavy (non-hydrogen) atoms. The van der Waals surface area contributed by atoms with Crippen molar-refractivity contribution in [3.8, 4) is 6.07 Å². The zero-order chi connectivity index (χ0) is 6.91. The molecule has 0 aromatic carbocycles. The number of hydrogen-bond donors (Lipinski definition) is 0. The normalized spacial score (nSPS) is 22.1. The average molecular weight is 121 g/mol. The van der Waals surface area contributed by atoms with Crippen LogP contribution in [0.2, 0.25) is 0 Å². The van der Waals surface area contributed by atoms with Gasteiger partial charge in [0.1, 0.15) is 0 Å². The Morgan fingerprint density at radius 1 is 1.56 bits per heavy atom. The van der Waals surface area contributed by atoms with E-state index in [0.717, 1.165) is 12.8 Å². The van der Waals surface area contributed by atoms with E-state index >= 15 is 0 Å². The van der Waals surface area contributed by atoms with Crippen molar-refractivity contribution >= 4 is 0 Å². The highest BCUT2D eigenvalue weighted by Crippen LogP contribution is 2.43. The predicted octanol–water partition coefficient (Wildman–Crippen LogP) is 2.26. The van der Waals surface area contributed by atoms with Crippen LogP contribution in [0, 0.1) is 16.7 Å². The first-order chi connectivity index (χ1) is 4.14. The number of nitrogens with zero attached hydrogens (tertiary/aromatic N) is 1. The molecular formula is C8H11N. The highest BCUT2D eigenvalue weighted by Gasteiger charge is 2.30. The topological polar surface area (TPSA) is 23.8 Å². The average Bonchev–Trinajstić information content (AvgIpc) is 1.62. The summed E-state index contributed by atoms with van der Waals surface area (Å²) in [6.45, 7) is 4.45. The molecular weight excluding hydrogens is 110 g/mol. The largest absolute Gasteiger partial charge is 0.193 e. The van der Waals surface area contributed by atoms with E-state index in [4.69, 9.17) is 5.26 Å². The van der Waals surface area contributed by atoms with Gasteiger partial charge in [-0.25, -0.2) is 0 Å². The minimum Gasteiger partial charge on any atom is -0.193 e. The van der Waals surface area contributed by atoms with Gasteiger partial charge < -0.3 is 0 Å². The number of nitriles is 1. The Morgan fingerprint density at radius 3 is 2.44 bits per heavy atom. The van der Waals surface area contributed by atoms with E-state index < -0.39 is 0 Å². The van der Waals surface area contributed by atoms with Gasteiger partial charge in [0.25, 0.3) is 0 Å². The molecule has 0 N–H and O–H groups in total. The molecule has 1 nitrogen and oxygen atoms in total. The van der Waals surface area contributed by atoms with Gasteiger partial charge in [-0.15, -0.1) is 0 Å². The van der Waals surface area contributed by atoms with Gasteiger partial charge in [0.15, 0.2) is 0 Å². The van der Waals surface area contributed by atoms with Gasteiger partial charge >= 0.3 is 0 Å². The lowest BCUT2D eigenvalue weighted by Crippen LogP contribution is -2.23. The van der Waals surface area contributed by atoms with Crippen molar-refractivity contribution in [1.82, 2.24) is 0 Å². The molecule has 1 saturated carbocycles. The number of hydrogen-bond acceptors (Lipinski definition) is 1. The van der Waals surface area contributed by atoms with Crippen LogP contribution in [-0.4, -0.2) is 0 Å². The second-order valence-electron chi connectivity index (χ2n) is 3.45. The van der Waals surface area contributed by atoms with E-state index in [2.05, 4.69) is 13.8 Å². The second-order valence-corrected chi connectivity index (χ2v) is 3.45. The van der Waals surface area contributed by atoms with Crippen molar-refractivity contribution in [1.29, 1.82) is 5.26 Å². The fourth-order valence-corrected chi connectivity index (χ4v) is 1.37. The predicted molar refractivity (Wildman–Crippen MR) is 36.7 cm³/mol. The molecule has 1 heteroatoms. The molecule has 1 aliphatic carbocycles. The zero-order valence-corrected chi connectivity index (χ0v) is 5.94. The first-order valence-corrected chi connectivity index (χ1v) is 3.22. The van der Waals surface area contributed by atoms with Crippen molar-refractivity contribution in [3.63, 3.8) is 0 Å². The molecule has 0 bridgehead atoms. The maximum Gasteiger partial charge on any atom is 0.0911 e. The Bertz CT molecular complexity index is 171. The monoisotopic (exact) mass is 121 g/mol. The molecule has 0 amide bonds. The Kier molecular flexibility index (Phi) is 1.32. The molecule has 1 fully saturated rings. The lowest BCUT2D eigenvalue weighted by Gasteiger charge is -2.36. The van der Waals surface area contributed by atoms with Crippen LogP contribution < -0.4 is 0 Å². The summed E-state index contributed by atoms with van der Waals surface area (Å²) in [6.07, 6.45) is 3.90. The summed E-state index contributed by atoms with van der Waals surface area (Å²) in [4.78, 5) is 0. The number of rotatable bonds is 0. The maximum atomic E-state index is 8.25. The van der Waals surface area contributed by atoms with Gasteiger partial charge in [-0.2, -0.15) is 5.26 Å². The summed E-state index contributed by atoms with van der Waals surface area (Å²) < 4.78 is 0. The molecule has 0 atom stereocenters. The van der Waals surface area contributed by atoms with E-state index in [1.54, 1.807) is 6.08 Å². The fourth-order valence-electron chi connectivity index (χ4n) is 1.37. The summed E-state index contributed by atoms with van der Waals surface area (Å²) in [5, 5.41) is 8.25. The summed E-state index contributed by atoms with van der Waals surface area (Å²) in [6, 6.07) is 2.05. The van der Waals surface area contributed by atoms with Gasteiger partial charge in [0, 0.05) is 6.08 Å². The minimum atomic E-state index is 0.475. The Morgan fingerprint density at radius 2 is 2.11 bits per heavy atom. The van der Waals surface area contributed by atoms with Crippen molar-refractivity contribution in [2.75, 3.05) is 0 Å². The van der Waals surface area contributed by atoms with E-state index in [-0.39, 0.29) is 0 Å². The van der Waals surface area contributed by atoms with Crippen LogP contribution in [0.5, 0.6) is 0 Å². The lowest BCUT2D eigenvalue weighted by atomic mass is 9.68. The van der Waals surface area contributed by atoms with E-state index in [1.165, 1.54) is 5.57 Å². The third-order valence-corrected chi connectivity index (χ3v) is 1.68. The minimum absolute atomic E-state index is 0.475. The molecule has 1 rings (SSSR count). The first kappa shape index (κ1) is 6.35. The molecule has 0 spiro atoms. The van der Waals surface area contributed by atoms with Crippen LogP contribution in [0.4, 0.5) is 0 Å². The van der Waals surface area contributed by atoms with Crippen LogP contribution in [0.3, 0.4) is 0 Å². The fraction of sp³-hybridized carbons (Fsp3) is 0.625. The van der Waals surface area contributed by atoms with E-state index in [9.17, 15) is 0 Å². The molecule has 0 unspecified atom stereocenters. The summed E-state index contributed by atoms with van der Waals surface area (Å²) in [5.74, 6) is 0. The highest BCUT2D eigenvalue weighted by molar-refractivity contribution is 5.22.